The minimum Gasteiger partial charge on any atom is -0.493 e. The van der Waals surface area contributed by atoms with Gasteiger partial charge in [0.15, 0.2) is 0 Å². The minimum atomic E-state index is 0.512. The average Bonchev–Trinajstić information content (AvgIpc) is 2.56. The van der Waals surface area contributed by atoms with E-state index in [0.29, 0.717) is 5.92 Å². The fourth-order valence-corrected chi connectivity index (χ4v) is 2.67. The maximum atomic E-state index is 5.99. The van der Waals surface area contributed by atoms with Crippen molar-refractivity contribution in [3.63, 3.8) is 0 Å². The van der Waals surface area contributed by atoms with E-state index in [1.54, 1.807) is 0 Å². The fourth-order valence-electron chi connectivity index (χ4n) is 2.48. The molecule has 0 aliphatic rings. The van der Waals surface area contributed by atoms with Crippen LogP contribution < -0.4 is 9.47 Å². The second-order valence-electron chi connectivity index (χ2n) is 6.26. The number of rotatable bonds is 10. The van der Waals surface area contributed by atoms with Crippen molar-refractivity contribution in [1.82, 2.24) is 0 Å². The van der Waals surface area contributed by atoms with E-state index in [1.165, 1.54) is 12.8 Å². The summed E-state index contributed by atoms with van der Waals surface area (Å²) in [5, 5.41) is 2.24. The second-order valence-corrected chi connectivity index (χ2v) is 6.64. The van der Waals surface area contributed by atoms with Crippen LogP contribution in [0.1, 0.15) is 39.5 Å². The molecule has 2 nitrogen and oxygen atoms in total. The Kier molecular flexibility index (Phi) is 7.54. The lowest BCUT2D eigenvalue weighted by Crippen LogP contribution is -2.05. The highest BCUT2D eigenvalue weighted by Crippen LogP contribution is 2.33. The zero-order valence-electron chi connectivity index (χ0n) is 14.2. The van der Waals surface area contributed by atoms with Gasteiger partial charge in [-0.15, -0.1) is 11.6 Å². The van der Waals surface area contributed by atoms with Crippen molar-refractivity contribution in [2.45, 2.75) is 39.5 Å². The van der Waals surface area contributed by atoms with Crippen LogP contribution in [0.2, 0.25) is 0 Å². The number of fused-ring (bicyclic) bond motifs is 1. The first-order valence-corrected chi connectivity index (χ1v) is 9.09. The van der Waals surface area contributed by atoms with Gasteiger partial charge >= 0.3 is 0 Å². The molecule has 0 spiro atoms. The minimum absolute atomic E-state index is 0.512. The number of unbranched alkanes of at least 4 members (excludes halogenated alkanes) is 3. The topological polar surface area (TPSA) is 18.5 Å². The number of halogens is 1. The maximum absolute atomic E-state index is 5.99. The molecule has 0 saturated carbocycles. The molecule has 0 atom stereocenters. The summed E-state index contributed by atoms with van der Waals surface area (Å²) in [4.78, 5) is 0. The Labute approximate surface area is 144 Å². The first-order valence-electron chi connectivity index (χ1n) is 8.55. The standard InChI is InChI=1S/C20H27ClO2/c1-16(2)15-23-20-12-11-19(17-9-5-6-10-18(17)20)22-14-8-4-3-7-13-21/h5-6,9-12,16H,3-4,7-8,13-15H2,1-2H3. The molecule has 3 heteroatoms. The summed E-state index contributed by atoms with van der Waals surface area (Å²) in [5.41, 5.74) is 0. The van der Waals surface area contributed by atoms with Gasteiger partial charge < -0.3 is 9.47 Å². The smallest absolute Gasteiger partial charge is 0.127 e. The quantitative estimate of drug-likeness (QED) is 0.389. The van der Waals surface area contributed by atoms with E-state index in [2.05, 4.69) is 26.0 Å². The first-order chi connectivity index (χ1) is 11.2. The molecule has 0 N–H and O–H groups in total. The lowest BCUT2D eigenvalue weighted by atomic mass is 10.1. The van der Waals surface area contributed by atoms with Gasteiger partial charge in [-0.2, -0.15) is 0 Å². The predicted octanol–water partition coefficient (Wildman–Crippen LogP) is 6.05. The van der Waals surface area contributed by atoms with Crippen LogP contribution in [0.4, 0.5) is 0 Å². The summed E-state index contributed by atoms with van der Waals surface area (Å²) < 4.78 is 11.9. The van der Waals surface area contributed by atoms with Crippen LogP contribution in [0.25, 0.3) is 10.8 Å². The van der Waals surface area contributed by atoms with Crippen LogP contribution >= 0.6 is 11.6 Å². The highest BCUT2D eigenvalue weighted by molar-refractivity contribution is 6.17. The van der Waals surface area contributed by atoms with Crippen molar-refractivity contribution in [1.29, 1.82) is 0 Å². The highest BCUT2D eigenvalue weighted by Gasteiger charge is 2.08. The maximum Gasteiger partial charge on any atom is 0.127 e. The molecule has 0 aliphatic carbocycles. The zero-order chi connectivity index (χ0) is 16.5. The fraction of sp³-hybridized carbons (Fsp3) is 0.500. The van der Waals surface area contributed by atoms with Gasteiger partial charge in [-0.05, 0) is 30.9 Å². The Morgan fingerprint density at radius 2 is 1.43 bits per heavy atom. The summed E-state index contributed by atoms with van der Waals surface area (Å²) in [6.07, 6.45) is 4.50. The molecule has 0 fully saturated rings. The zero-order valence-corrected chi connectivity index (χ0v) is 14.9. The lowest BCUT2D eigenvalue weighted by molar-refractivity contribution is 0.273. The molecular formula is C20H27ClO2. The van der Waals surface area contributed by atoms with Gasteiger partial charge in [0.1, 0.15) is 11.5 Å². The molecule has 0 unspecified atom stereocenters. The van der Waals surface area contributed by atoms with Crippen LogP contribution in [0.3, 0.4) is 0 Å². The van der Waals surface area contributed by atoms with Crippen molar-refractivity contribution in [2.75, 3.05) is 19.1 Å². The molecule has 126 valence electrons. The van der Waals surface area contributed by atoms with E-state index in [4.69, 9.17) is 21.1 Å². The predicted molar refractivity (Wildman–Crippen MR) is 99.0 cm³/mol. The number of benzene rings is 2. The summed E-state index contributed by atoms with van der Waals surface area (Å²) in [6, 6.07) is 12.3. The van der Waals surface area contributed by atoms with Gasteiger partial charge in [0, 0.05) is 16.7 Å². The second kappa shape index (κ2) is 9.67. The van der Waals surface area contributed by atoms with Crippen molar-refractivity contribution in [3.8, 4) is 11.5 Å². The Hall–Kier alpha value is -1.41. The first kappa shape index (κ1) is 17.9. The highest BCUT2D eigenvalue weighted by atomic mass is 35.5. The molecule has 0 radical (unpaired) electrons. The average molecular weight is 335 g/mol. The molecular weight excluding hydrogens is 308 g/mol. The molecule has 2 aromatic rings. The van der Waals surface area contributed by atoms with Crippen molar-refractivity contribution < 1.29 is 9.47 Å². The molecule has 23 heavy (non-hydrogen) atoms. The van der Waals surface area contributed by atoms with Gasteiger partial charge in [-0.3, -0.25) is 0 Å². The normalized spacial score (nSPS) is 11.1. The SMILES string of the molecule is CC(C)COc1ccc(OCCCCCCCl)c2ccccc12. The molecule has 0 saturated heterocycles. The van der Waals surface area contributed by atoms with Gasteiger partial charge in [0.25, 0.3) is 0 Å². The van der Waals surface area contributed by atoms with Crippen molar-refractivity contribution >= 4 is 22.4 Å². The van der Waals surface area contributed by atoms with Crippen LogP contribution in [-0.4, -0.2) is 19.1 Å². The van der Waals surface area contributed by atoms with Crippen molar-refractivity contribution in [3.05, 3.63) is 36.4 Å². The monoisotopic (exact) mass is 334 g/mol. The van der Waals surface area contributed by atoms with E-state index in [9.17, 15) is 0 Å². The molecule has 0 bridgehead atoms. The van der Waals surface area contributed by atoms with Crippen LogP contribution in [0.5, 0.6) is 11.5 Å². The lowest BCUT2D eigenvalue weighted by Gasteiger charge is -2.14. The van der Waals surface area contributed by atoms with E-state index >= 15 is 0 Å². The van der Waals surface area contributed by atoms with Gasteiger partial charge in [0.05, 0.1) is 13.2 Å². The Morgan fingerprint density at radius 1 is 0.826 bits per heavy atom. The Balaban J connectivity index is 2.02. The summed E-state index contributed by atoms with van der Waals surface area (Å²) >= 11 is 5.69. The molecule has 2 rings (SSSR count). The summed E-state index contributed by atoms with van der Waals surface area (Å²) in [5.74, 6) is 3.14. The number of hydrogen-bond acceptors (Lipinski definition) is 2. The summed E-state index contributed by atoms with van der Waals surface area (Å²) in [6.45, 7) is 5.79. The Morgan fingerprint density at radius 3 is 2.04 bits per heavy atom. The van der Waals surface area contributed by atoms with Gasteiger partial charge in [-0.25, -0.2) is 0 Å². The van der Waals surface area contributed by atoms with Gasteiger partial charge in [0.2, 0.25) is 0 Å². The van der Waals surface area contributed by atoms with Crippen LogP contribution in [0.15, 0.2) is 36.4 Å². The molecule has 2 aromatic carbocycles. The van der Waals surface area contributed by atoms with Gasteiger partial charge in [-0.1, -0.05) is 51.0 Å². The molecule has 0 aliphatic heterocycles. The van der Waals surface area contributed by atoms with E-state index in [0.717, 1.165) is 54.2 Å². The van der Waals surface area contributed by atoms with E-state index in [1.807, 2.05) is 24.3 Å². The molecule has 0 amide bonds. The Bertz CT molecular complexity index is 595. The molecule has 0 aromatic heterocycles. The number of ether oxygens (including phenoxy) is 2. The summed E-state index contributed by atoms with van der Waals surface area (Å²) in [7, 11) is 0. The van der Waals surface area contributed by atoms with Crippen LogP contribution in [-0.2, 0) is 0 Å². The number of alkyl halides is 1. The van der Waals surface area contributed by atoms with E-state index in [-0.39, 0.29) is 0 Å². The third kappa shape index (κ3) is 5.62. The third-order valence-electron chi connectivity index (χ3n) is 3.70. The largest absolute Gasteiger partial charge is 0.493 e. The van der Waals surface area contributed by atoms with E-state index < -0.39 is 0 Å². The third-order valence-corrected chi connectivity index (χ3v) is 3.97. The number of hydrogen-bond donors (Lipinski definition) is 0. The molecule has 0 heterocycles. The van der Waals surface area contributed by atoms with Crippen molar-refractivity contribution in [2.24, 2.45) is 5.92 Å². The van der Waals surface area contributed by atoms with Crippen LogP contribution in [0, 0.1) is 5.92 Å².